The Morgan fingerprint density at radius 2 is 1.67 bits per heavy atom. The fourth-order valence-electron chi connectivity index (χ4n) is 5.71. The van der Waals surface area contributed by atoms with Crippen LogP contribution in [0, 0.1) is 12.7 Å². The highest BCUT2D eigenvalue weighted by molar-refractivity contribution is 8.26. The van der Waals surface area contributed by atoms with Crippen LogP contribution in [0.15, 0.2) is 52.3 Å². The molecule has 0 spiro atoms. The summed E-state index contributed by atoms with van der Waals surface area (Å²) in [6.07, 6.45) is 8.80. The zero-order chi connectivity index (χ0) is 27.1. The third-order valence-corrected chi connectivity index (χ3v) is 9.13. The summed E-state index contributed by atoms with van der Waals surface area (Å²) in [4.78, 5) is 38.9. The smallest absolute Gasteiger partial charge is 0.267 e. The third kappa shape index (κ3) is 5.07. The van der Waals surface area contributed by atoms with E-state index >= 15 is 0 Å². The number of thiocarbonyl (C=S) groups is 1. The van der Waals surface area contributed by atoms with Crippen LogP contribution >= 0.6 is 24.0 Å². The lowest BCUT2D eigenvalue weighted by Gasteiger charge is -2.37. The Morgan fingerprint density at radius 3 is 2.38 bits per heavy atom. The van der Waals surface area contributed by atoms with Crippen molar-refractivity contribution in [3.63, 3.8) is 0 Å². The molecule has 0 radical (unpaired) electrons. The molecule has 1 aromatic carbocycles. The highest BCUT2D eigenvalue weighted by Gasteiger charge is 2.38. The van der Waals surface area contributed by atoms with Gasteiger partial charge in [0.15, 0.2) is 0 Å². The minimum Gasteiger partial charge on any atom is -0.368 e. The van der Waals surface area contributed by atoms with Gasteiger partial charge in [0, 0.05) is 44.1 Å². The van der Waals surface area contributed by atoms with Crippen LogP contribution in [0.4, 0.5) is 15.9 Å². The number of aromatic nitrogens is 2. The van der Waals surface area contributed by atoms with E-state index in [1.54, 1.807) is 33.7 Å². The summed E-state index contributed by atoms with van der Waals surface area (Å²) in [5, 5.41) is 0. The Hall–Kier alpha value is -3.24. The van der Waals surface area contributed by atoms with E-state index < -0.39 is 0 Å². The summed E-state index contributed by atoms with van der Waals surface area (Å²) >= 11 is 6.91. The van der Waals surface area contributed by atoms with Crippen molar-refractivity contribution in [3.8, 4) is 0 Å². The molecule has 3 aromatic rings. The first-order valence-corrected chi connectivity index (χ1v) is 14.7. The SMILES string of the molecule is Cc1ccc2nc(N3CCN(c4ccc(F)cc4)CC3)c(C=C3SC(=S)N(C4CCCCC4)C3=O)c(=O)n2c1. The van der Waals surface area contributed by atoms with Crippen LogP contribution in [-0.4, -0.2) is 56.7 Å². The van der Waals surface area contributed by atoms with Gasteiger partial charge in [-0.15, -0.1) is 0 Å². The number of carbonyl (C=O) groups excluding carboxylic acids is 1. The van der Waals surface area contributed by atoms with Crippen LogP contribution in [0.25, 0.3) is 11.7 Å². The van der Waals surface area contributed by atoms with Crippen molar-refractivity contribution in [2.45, 2.75) is 45.1 Å². The number of rotatable bonds is 4. The van der Waals surface area contributed by atoms with Gasteiger partial charge in [0.25, 0.3) is 11.5 Å². The number of fused-ring (bicyclic) bond motifs is 1. The molecule has 0 unspecified atom stereocenters. The molecular weight excluding hydrogens is 533 g/mol. The van der Waals surface area contributed by atoms with Crippen LogP contribution in [0.1, 0.15) is 43.2 Å². The molecular formula is C29H30FN5O2S2. The molecule has 202 valence electrons. The number of piperazine rings is 1. The van der Waals surface area contributed by atoms with Gasteiger partial charge in [0.2, 0.25) is 0 Å². The van der Waals surface area contributed by atoms with Crippen molar-refractivity contribution >= 4 is 57.4 Å². The first kappa shape index (κ1) is 26.0. The second kappa shape index (κ2) is 10.7. The lowest BCUT2D eigenvalue weighted by Crippen LogP contribution is -2.47. The average Bonchev–Trinajstić information content (AvgIpc) is 3.23. The quantitative estimate of drug-likeness (QED) is 0.327. The Morgan fingerprint density at radius 1 is 0.974 bits per heavy atom. The fourth-order valence-corrected chi connectivity index (χ4v) is 7.09. The van der Waals surface area contributed by atoms with E-state index in [2.05, 4.69) is 9.80 Å². The number of nitrogens with zero attached hydrogens (tertiary/aromatic N) is 5. The van der Waals surface area contributed by atoms with Crippen LogP contribution < -0.4 is 15.4 Å². The van der Waals surface area contributed by atoms with Gasteiger partial charge in [-0.3, -0.25) is 18.9 Å². The molecule has 0 bridgehead atoms. The summed E-state index contributed by atoms with van der Waals surface area (Å²) in [6.45, 7) is 4.60. The minimum absolute atomic E-state index is 0.113. The summed E-state index contributed by atoms with van der Waals surface area (Å²) < 4.78 is 15.5. The number of thioether (sulfide) groups is 1. The number of hydrogen-bond donors (Lipinski definition) is 0. The highest BCUT2D eigenvalue weighted by Crippen LogP contribution is 2.38. The second-order valence-corrected chi connectivity index (χ2v) is 12.1. The molecule has 3 fully saturated rings. The third-order valence-electron chi connectivity index (χ3n) is 7.80. The summed E-state index contributed by atoms with van der Waals surface area (Å²) in [5.74, 6) is 0.204. The Balaban J connectivity index is 1.35. The van der Waals surface area contributed by atoms with Crippen LogP contribution in [0.2, 0.25) is 0 Å². The molecule has 2 aromatic heterocycles. The van der Waals surface area contributed by atoms with Gasteiger partial charge in [-0.05, 0) is 61.7 Å². The fraction of sp³-hybridized carbons (Fsp3) is 0.379. The standard InChI is InChI=1S/C29H30FN5O2S2/c1-19-7-12-25-31-26(33-15-13-32(14-16-33)21-10-8-20(30)9-11-21)23(27(36)34(25)18-19)17-24-28(37)35(29(38)39-24)22-5-3-2-4-6-22/h7-12,17-18,22H,2-6,13-16H2,1H3. The summed E-state index contributed by atoms with van der Waals surface area (Å²) in [6, 6.07) is 10.4. The molecule has 0 N–H and O–H groups in total. The van der Waals surface area contributed by atoms with E-state index in [0.29, 0.717) is 52.4 Å². The van der Waals surface area contributed by atoms with Crippen molar-refractivity contribution in [2.24, 2.45) is 0 Å². The van der Waals surface area contributed by atoms with Gasteiger partial charge in [-0.25, -0.2) is 9.37 Å². The van der Waals surface area contributed by atoms with Gasteiger partial charge >= 0.3 is 0 Å². The van der Waals surface area contributed by atoms with Gasteiger partial charge in [-0.2, -0.15) is 0 Å². The van der Waals surface area contributed by atoms with Crippen LogP contribution in [0.3, 0.4) is 0 Å². The Kier molecular flexibility index (Phi) is 7.16. The van der Waals surface area contributed by atoms with E-state index in [1.807, 2.05) is 19.1 Å². The molecule has 6 rings (SSSR count). The maximum absolute atomic E-state index is 13.9. The van der Waals surface area contributed by atoms with Crippen molar-refractivity contribution < 1.29 is 9.18 Å². The van der Waals surface area contributed by atoms with Crippen molar-refractivity contribution in [2.75, 3.05) is 36.0 Å². The van der Waals surface area contributed by atoms with Gasteiger partial charge in [-0.1, -0.05) is 49.3 Å². The molecule has 1 amide bonds. The summed E-state index contributed by atoms with van der Waals surface area (Å²) in [5.41, 5.74) is 2.67. The topological polar surface area (TPSA) is 61.2 Å². The zero-order valence-electron chi connectivity index (χ0n) is 21.8. The molecule has 10 heteroatoms. The normalized spacial score (nSPS) is 20.1. The Bertz CT molecular complexity index is 1520. The van der Waals surface area contributed by atoms with E-state index in [4.69, 9.17) is 17.2 Å². The summed E-state index contributed by atoms with van der Waals surface area (Å²) in [7, 11) is 0. The number of aryl methyl sites for hydroxylation is 1. The predicted molar refractivity (Wildman–Crippen MR) is 159 cm³/mol. The minimum atomic E-state index is -0.257. The number of hydrogen-bond acceptors (Lipinski definition) is 7. The molecule has 1 saturated carbocycles. The van der Waals surface area contributed by atoms with Gasteiger partial charge < -0.3 is 9.80 Å². The molecule has 0 atom stereocenters. The predicted octanol–water partition coefficient (Wildman–Crippen LogP) is 5.00. The van der Waals surface area contributed by atoms with Crippen LogP contribution in [-0.2, 0) is 4.79 Å². The molecule has 39 heavy (non-hydrogen) atoms. The molecule has 3 aliphatic rings. The Labute approximate surface area is 236 Å². The molecule has 7 nitrogen and oxygen atoms in total. The maximum atomic E-state index is 13.9. The number of carbonyl (C=O) groups is 1. The monoisotopic (exact) mass is 563 g/mol. The molecule has 4 heterocycles. The first-order valence-electron chi connectivity index (χ1n) is 13.4. The van der Waals surface area contributed by atoms with Crippen molar-refractivity contribution in [3.05, 3.63) is 74.8 Å². The van der Waals surface area contributed by atoms with Crippen molar-refractivity contribution in [1.29, 1.82) is 0 Å². The molecule has 2 saturated heterocycles. The van der Waals surface area contributed by atoms with Gasteiger partial charge in [0.1, 0.15) is 21.6 Å². The van der Waals surface area contributed by atoms with Gasteiger partial charge in [0.05, 0.1) is 10.5 Å². The lowest BCUT2D eigenvalue weighted by atomic mass is 9.94. The number of anilines is 2. The number of amides is 1. The largest absolute Gasteiger partial charge is 0.368 e. The maximum Gasteiger partial charge on any atom is 0.267 e. The number of halogens is 1. The van der Waals surface area contributed by atoms with E-state index in [-0.39, 0.29) is 23.3 Å². The molecule has 2 aliphatic heterocycles. The first-order chi connectivity index (χ1) is 18.9. The second-order valence-electron chi connectivity index (χ2n) is 10.4. The lowest BCUT2D eigenvalue weighted by molar-refractivity contribution is -0.124. The van der Waals surface area contributed by atoms with E-state index in [1.165, 1.54) is 30.3 Å². The van der Waals surface area contributed by atoms with Crippen LogP contribution in [0.5, 0.6) is 0 Å². The van der Waals surface area contributed by atoms with Crippen molar-refractivity contribution in [1.82, 2.24) is 14.3 Å². The average molecular weight is 564 g/mol. The molecule has 1 aliphatic carbocycles. The highest BCUT2D eigenvalue weighted by atomic mass is 32.2. The number of benzene rings is 1. The van der Waals surface area contributed by atoms with E-state index in [0.717, 1.165) is 36.9 Å². The van der Waals surface area contributed by atoms with E-state index in [9.17, 15) is 14.0 Å². The number of pyridine rings is 1. The zero-order valence-corrected chi connectivity index (χ0v) is 23.4.